The van der Waals surface area contributed by atoms with Crippen LogP contribution < -0.4 is 5.73 Å². The summed E-state index contributed by atoms with van der Waals surface area (Å²) in [5.74, 6) is 0.647. The second kappa shape index (κ2) is 4.26. The number of aromatic nitrogens is 4. The molecule has 1 aromatic carbocycles. The van der Waals surface area contributed by atoms with Crippen LogP contribution in [0.5, 0.6) is 0 Å². The predicted octanol–water partition coefficient (Wildman–Crippen LogP) is 2.74. The smallest absolute Gasteiger partial charge is 0.184 e. The van der Waals surface area contributed by atoms with Crippen LogP contribution in [0.1, 0.15) is 27.7 Å². The SMILES string of the molecule is CC1(C)C(Cn2nnnc2-c2cc(F)ccc2N)C1(C)C. The van der Waals surface area contributed by atoms with E-state index in [-0.39, 0.29) is 16.6 Å². The van der Waals surface area contributed by atoms with Gasteiger partial charge in [0, 0.05) is 17.8 Å². The lowest BCUT2D eigenvalue weighted by Crippen LogP contribution is -2.09. The highest BCUT2D eigenvalue weighted by Gasteiger charge is 2.64. The molecular weight excluding hydrogens is 269 g/mol. The van der Waals surface area contributed by atoms with Crippen LogP contribution in [-0.4, -0.2) is 20.2 Å². The molecule has 6 heteroatoms. The molecule has 1 saturated carbocycles. The number of nitrogens with zero attached hydrogens (tertiary/aromatic N) is 4. The lowest BCUT2D eigenvalue weighted by Gasteiger charge is -2.08. The monoisotopic (exact) mass is 289 g/mol. The summed E-state index contributed by atoms with van der Waals surface area (Å²) in [6.07, 6.45) is 0. The second-order valence-electron chi connectivity index (χ2n) is 6.91. The van der Waals surface area contributed by atoms with Crippen molar-refractivity contribution in [2.45, 2.75) is 34.2 Å². The molecule has 5 nitrogen and oxygen atoms in total. The lowest BCUT2D eigenvalue weighted by molar-refractivity contribution is 0.457. The molecule has 0 saturated heterocycles. The van der Waals surface area contributed by atoms with Crippen LogP contribution in [0, 0.1) is 22.6 Å². The molecule has 1 aliphatic rings. The van der Waals surface area contributed by atoms with Gasteiger partial charge in [0.05, 0.1) is 0 Å². The zero-order valence-electron chi connectivity index (χ0n) is 12.8. The summed E-state index contributed by atoms with van der Waals surface area (Å²) in [6, 6.07) is 4.25. The fourth-order valence-corrected chi connectivity index (χ4v) is 3.21. The van der Waals surface area contributed by atoms with Crippen LogP contribution in [0.4, 0.5) is 10.1 Å². The van der Waals surface area contributed by atoms with Crippen molar-refractivity contribution >= 4 is 5.69 Å². The van der Waals surface area contributed by atoms with Gasteiger partial charge in [0.15, 0.2) is 5.82 Å². The first kappa shape index (κ1) is 14.0. The molecule has 1 aromatic heterocycles. The molecule has 3 rings (SSSR count). The Balaban J connectivity index is 1.94. The second-order valence-corrected chi connectivity index (χ2v) is 6.91. The highest BCUT2D eigenvalue weighted by molar-refractivity contribution is 5.71. The van der Waals surface area contributed by atoms with E-state index in [2.05, 4.69) is 43.2 Å². The van der Waals surface area contributed by atoms with Crippen LogP contribution in [0.15, 0.2) is 18.2 Å². The van der Waals surface area contributed by atoms with E-state index < -0.39 is 0 Å². The molecule has 0 unspecified atom stereocenters. The van der Waals surface area contributed by atoms with Gasteiger partial charge in [0.2, 0.25) is 0 Å². The van der Waals surface area contributed by atoms with E-state index in [9.17, 15) is 4.39 Å². The molecule has 0 bridgehead atoms. The molecule has 1 aliphatic carbocycles. The number of nitrogen functional groups attached to an aromatic ring is 1. The quantitative estimate of drug-likeness (QED) is 0.882. The van der Waals surface area contributed by atoms with E-state index in [0.29, 0.717) is 29.5 Å². The maximum absolute atomic E-state index is 13.5. The number of benzene rings is 1. The molecule has 1 heterocycles. The van der Waals surface area contributed by atoms with Crippen molar-refractivity contribution in [2.75, 3.05) is 5.73 Å². The van der Waals surface area contributed by atoms with E-state index in [1.807, 2.05) is 0 Å². The first-order valence-corrected chi connectivity index (χ1v) is 7.06. The van der Waals surface area contributed by atoms with Gasteiger partial charge in [0.25, 0.3) is 0 Å². The van der Waals surface area contributed by atoms with Crippen molar-refractivity contribution in [3.05, 3.63) is 24.0 Å². The van der Waals surface area contributed by atoms with Crippen LogP contribution in [0.2, 0.25) is 0 Å². The third-order valence-electron chi connectivity index (χ3n) is 5.46. The molecule has 0 aliphatic heterocycles. The predicted molar refractivity (Wildman–Crippen MR) is 78.7 cm³/mol. The van der Waals surface area contributed by atoms with Crippen LogP contribution in [0.25, 0.3) is 11.4 Å². The number of rotatable bonds is 3. The Kier molecular flexibility index (Phi) is 2.83. The minimum absolute atomic E-state index is 0.240. The van der Waals surface area contributed by atoms with Gasteiger partial charge in [-0.15, -0.1) is 5.10 Å². The average molecular weight is 289 g/mol. The van der Waals surface area contributed by atoms with E-state index in [1.54, 1.807) is 4.68 Å². The van der Waals surface area contributed by atoms with Crippen molar-refractivity contribution in [1.82, 2.24) is 20.2 Å². The Morgan fingerprint density at radius 1 is 1.24 bits per heavy atom. The molecule has 112 valence electrons. The number of hydrogen-bond donors (Lipinski definition) is 1. The normalized spacial score (nSPS) is 19.7. The zero-order valence-corrected chi connectivity index (χ0v) is 12.8. The Labute approximate surface area is 123 Å². The van der Waals surface area contributed by atoms with Gasteiger partial charge < -0.3 is 5.73 Å². The van der Waals surface area contributed by atoms with Gasteiger partial charge in [-0.05, 0) is 45.4 Å². The minimum Gasteiger partial charge on any atom is -0.398 e. The summed E-state index contributed by atoms with van der Waals surface area (Å²) in [6.45, 7) is 9.70. The van der Waals surface area contributed by atoms with E-state index in [4.69, 9.17) is 5.73 Å². The topological polar surface area (TPSA) is 69.6 Å². The summed E-state index contributed by atoms with van der Waals surface area (Å²) < 4.78 is 15.2. The number of anilines is 1. The Hall–Kier alpha value is -1.98. The van der Waals surface area contributed by atoms with E-state index in [0.717, 1.165) is 0 Å². The summed E-state index contributed by atoms with van der Waals surface area (Å²) in [7, 11) is 0. The molecule has 1 fully saturated rings. The molecule has 0 amide bonds. The first-order valence-electron chi connectivity index (χ1n) is 7.06. The van der Waals surface area contributed by atoms with Crippen molar-refractivity contribution in [2.24, 2.45) is 16.7 Å². The standard InChI is InChI=1S/C15H20FN5/c1-14(2)12(15(14,3)4)8-21-13(18-19-20-21)10-7-9(16)5-6-11(10)17/h5-7,12H,8,17H2,1-4H3. The molecule has 2 N–H and O–H groups in total. The molecular formula is C15H20FN5. The maximum atomic E-state index is 13.5. The third kappa shape index (κ3) is 2.01. The number of halogens is 1. The van der Waals surface area contributed by atoms with Crippen molar-refractivity contribution in [3.63, 3.8) is 0 Å². The summed E-state index contributed by atoms with van der Waals surface area (Å²) >= 11 is 0. The van der Waals surface area contributed by atoms with Crippen LogP contribution >= 0.6 is 0 Å². The molecule has 0 spiro atoms. The van der Waals surface area contributed by atoms with Gasteiger partial charge >= 0.3 is 0 Å². The fourth-order valence-electron chi connectivity index (χ4n) is 3.21. The maximum Gasteiger partial charge on any atom is 0.184 e. The fraction of sp³-hybridized carbons (Fsp3) is 0.533. The summed E-state index contributed by atoms with van der Waals surface area (Å²) in [5, 5.41) is 11.8. The van der Waals surface area contributed by atoms with Crippen LogP contribution in [0.3, 0.4) is 0 Å². The lowest BCUT2D eigenvalue weighted by atomic mass is 10.0. The van der Waals surface area contributed by atoms with Gasteiger partial charge in [-0.1, -0.05) is 27.7 Å². The summed E-state index contributed by atoms with van der Waals surface area (Å²) in [5.41, 5.74) is 7.42. The Morgan fingerprint density at radius 3 is 2.52 bits per heavy atom. The average Bonchev–Trinajstić information content (AvgIpc) is 2.76. The highest BCUT2D eigenvalue weighted by atomic mass is 19.1. The van der Waals surface area contributed by atoms with Gasteiger partial charge in [-0.3, -0.25) is 0 Å². The van der Waals surface area contributed by atoms with Gasteiger partial charge in [0.1, 0.15) is 5.82 Å². The molecule has 0 radical (unpaired) electrons. The van der Waals surface area contributed by atoms with Crippen molar-refractivity contribution < 1.29 is 4.39 Å². The van der Waals surface area contributed by atoms with Crippen LogP contribution in [-0.2, 0) is 6.54 Å². The highest BCUT2D eigenvalue weighted by Crippen LogP contribution is 2.68. The van der Waals surface area contributed by atoms with E-state index >= 15 is 0 Å². The number of nitrogens with two attached hydrogens (primary N) is 1. The van der Waals surface area contributed by atoms with Gasteiger partial charge in [-0.25, -0.2) is 9.07 Å². The van der Waals surface area contributed by atoms with Crippen molar-refractivity contribution in [3.8, 4) is 11.4 Å². The number of hydrogen-bond acceptors (Lipinski definition) is 4. The largest absolute Gasteiger partial charge is 0.398 e. The molecule has 21 heavy (non-hydrogen) atoms. The summed E-state index contributed by atoms with van der Waals surface area (Å²) in [4.78, 5) is 0. The van der Waals surface area contributed by atoms with Crippen molar-refractivity contribution in [1.29, 1.82) is 0 Å². The number of tetrazole rings is 1. The van der Waals surface area contributed by atoms with Gasteiger partial charge in [-0.2, -0.15) is 0 Å². The first-order chi connectivity index (χ1) is 9.75. The Bertz CT molecular complexity index is 675. The third-order valence-corrected chi connectivity index (χ3v) is 5.46. The Morgan fingerprint density at radius 2 is 1.90 bits per heavy atom. The zero-order chi connectivity index (χ0) is 15.4. The molecule has 0 atom stereocenters. The minimum atomic E-state index is -0.346. The van der Waals surface area contributed by atoms with E-state index in [1.165, 1.54) is 18.2 Å². The molecule has 2 aromatic rings.